The van der Waals surface area contributed by atoms with Crippen LogP contribution in [0.2, 0.25) is 5.02 Å². The molecule has 1 heterocycles. The van der Waals surface area contributed by atoms with E-state index >= 15 is 0 Å². The Kier molecular flexibility index (Phi) is 7.15. The van der Waals surface area contributed by atoms with Crippen LogP contribution in [0, 0.1) is 5.92 Å². The summed E-state index contributed by atoms with van der Waals surface area (Å²) < 4.78 is 5.35. The van der Waals surface area contributed by atoms with Crippen LogP contribution in [0.4, 0.5) is 0 Å². The van der Waals surface area contributed by atoms with Crippen LogP contribution in [0.15, 0.2) is 24.3 Å². The summed E-state index contributed by atoms with van der Waals surface area (Å²) in [5, 5.41) is 13.3. The highest BCUT2D eigenvalue weighted by molar-refractivity contribution is 6.30. The van der Waals surface area contributed by atoms with Gasteiger partial charge >= 0.3 is 0 Å². The van der Waals surface area contributed by atoms with Crippen molar-refractivity contribution in [3.63, 3.8) is 0 Å². The Bertz CT molecular complexity index is 487. The number of hydrogen-bond acceptors (Lipinski definition) is 4. The lowest BCUT2D eigenvalue weighted by Crippen LogP contribution is -2.43. The molecule has 1 fully saturated rings. The fraction of sp³-hybridized carbons (Fsp3) is 0.588. The number of carbonyl (C=O) groups excluding carboxylic acids is 1. The van der Waals surface area contributed by atoms with E-state index in [9.17, 15) is 9.90 Å². The van der Waals surface area contributed by atoms with E-state index in [0.29, 0.717) is 17.3 Å². The van der Waals surface area contributed by atoms with Crippen LogP contribution in [-0.4, -0.2) is 54.8 Å². The summed E-state index contributed by atoms with van der Waals surface area (Å²) >= 11 is 5.78. The van der Waals surface area contributed by atoms with Gasteiger partial charge in [-0.3, -0.25) is 4.79 Å². The number of β-amino-alcohol motifs (C(OH)–C–C–N with tert-alkyl or cyclic N) is 1. The molecule has 0 radical (unpaired) electrons. The molecule has 128 valence electrons. The molecule has 2 rings (SSSR count). The van der Waals surface area contributed by atoms with Crippen LogP contribution in [0.25, 0.3) is 0 Å². The van der Waals surface area contributed by atoms with Crippen molar-refractivity contribution >= 4 is 17.5 Å². The molecular weight excluding hydrogens is 316 g/mol. The smallest absolute Gasteiger partial charge is 0.258 e. The van der Waals surface area contributed by atoms with Gasteiger partial charge in [0.2, 0.25) is 0 Å². The molecule has 1 atom stereocenters. The third-order valence-corrected chi connectivity index (χ3v) is 4.32. The van der Waals surface area contributed by atoms with Crippen molar-refractivity contribution in [1.82, 2.24) is 10.2 Å². The Hall–Kier alpha value is -1.30. The molecule has 1 aromatic carbocycles. The van der Waals surface area contributed by atoms with Gasteiger partial charge in [0.25, 0.3) is 5.91 Å². The molecule has 5 nitrogen and oxygen atoms in total. The fourth-order valence-corrected chi connectivity index (χ4v) is 2.70. The van der Waals surface area contributed by atoms with Crippen LogP contribution in [0.1, 0.15) is 19.8 Å². The lowest BCUT2D eigenvalue weighted by molar-refractivity contribution is -0.123. The average Bonchev–Trinajstić information content (AvgIpc) is 2.54. The van der Waals surface area contributed by atoms with Crippen LogP contribution in [-0.2, 0) is 4.79 Å². The van der Waals surface area contributed by atoms with E-state index in [-0.39, 0.29) is 19.1 Å². The first-order valence-electron chi connectivity index (χ1n) is 8.08. The zero-order valence-corrected chi connectivity index (χ0v) is 14.3. The number of ether oxygens (including phenoxy) is 1. The van der Waals surface area contributed by atoms with E-state index in [1.807, 2.05) is 0 Å². The summed E-state index contributed by atoms with van der Waals surface area (Å²) in [7, 11) is 0. The minimum atomic E-state index is -0.553. The van der Waals surface area contributed by atoms with E-state index in [2.05, 4.69) is 17.1 Å². The largest absolute Gasteiger partial charge is 0.484 e. The van der Waals surface area contributed by atoms with Crippen molar-refractivity contribution in [1.29, 1.82) is 0 Å². The average molecular weight is 341 g/mol. The van der Waals surface area contributed by atoms with Gasteiger partial charge in [-0.25, -0.2) is 0 Å². The molecule has 1 aliphatic heterocycles. The number of carbonyl (C=O) groups is 1. The number of halogens is 1. The first-order chi connectivity index (χ1) is 11.0. The van der Waals surface area contributed by atoms with Gasteiger partial charge in [0.05, 0.1) is 6.10 Å². The van der Waals surface area contributed by atoms with Gasteiger partial charge in [-0.1, -0.05) is 18.5 Å². The normalized spacial score (nSPS) is 17.7. The monoisotopic (exact) mass is 340 g/mol. The maximum atomic E-state index is 11.7. The van der Waals surface area contributed by atoms with E-state index in [1.165, 1.54) is 12.8 Å². The molecule has 6 heteroatoms. The maximum Gasteiger partial charge on any atom is 0.258 e. The molecular formula is C17H25ClN2O3. The molecule has 0 saturated carbocycles. The van der Waals surface area contributed by atoms with E-state index < -0.39 is 6.10 Å². The van der Waals surface area contributed by atoms with Crippen molar-refractivity contribution < 1.29 is 14.6 Å². The Morgan fingerprint density at radius 2 is 2.04 bits per heavy atom. The zero-order valence-electron chi connectivity index (χ0n) is 13.5. The standard InChI is InChI=1S/C17H25ClN2O3/c1-13-6-8-20(9-7-13)11-15(21)10-19-17(22)12-23-16-4-2-14(18)3-5-16/h2-5,13,15,21H,6-12H2,1H3,(H,19,22). The molecule has 0 spiro atoms. The molecule has 1 aromatic rings. The van der Waals surface area contributed by atoms with Gasteiger partial charge < -0.3 is 20.1 Å². The van der Waals surface area contributed by atoms with Crippen molar-refractivity contribution in [2.75, 3.05) is 32.8 Å². The molecule has 2 N–H and O–H groups in total. The lowest BCUT2D eigenvalue weighted by atomic mass is 9.99. The molecule has 1 unspecified atom stereocenters. The van der Waals surface area contributed by atoms with Gasteiger partial charge in [-0.15, -0.1) is 0 Å². The van der Waals surface area contributed by atoms with Crippen molar-refractivity contribution in [2.45, 2.75) is 25.9 Å². The van der Waals surface area contributed by atoms with Gasteiger partial charge in [0, 0.05) is 18.1 Å². The number of aliphatic hydroxyl groups is 1. The van der Waals surface area contributed by atoms with E-state index in [4.69, 9.17) is 16.3 Å². The Morgan fingerprint density at radius 3 is 2.70 bits per heavy atom. The highest BCUT2D eigenvalue weighted by Gasteiger charge is 2.18. The SMILES string of the molecule is CC1CCN(CC(O)CNC(=O)COc2ccc(Cl)cc2)CC1. The van der Waals surface area contributed by atoms with Crippen LogP contribution >= 0.6 is 11.6 Å². The summed E-state index contributed by atoms with van der Waals surface area (Å²) in [5.41, 5.74) is 0. The number of nitrogens with one attached hydrogen (secondary N) is 1. The Balaban J connectivity index is 1.60. The highest BCUT2D eigenvalue weighted by Crippen LogP contribution is 2.16. The van der Waals surface area contributed by atoms with E-state index in [1.54, 1.807) is 24.3 Å². The second-order valence-electron chi connectivity index (χ2n) is 6.18. The minimum Gasteiger partial charge on any atom is -0.484 e. The number of nitrogens with zero attached hydrogens (tertiary/aromatic N) is 1. The number of rotatable bonds is 7. The molecule has 0 bridgehead atoms. The molecule has 1 saturated heterocycles. The number of hydrogen-bond donors (Lipinski definition) is 2. The number of piperidine rings is 1. The first kappa shape index (κ1) is 18.0. The van der Waals surface area contributed by atoms with Crippen molar-refractivity contribution in [3.8, 4) is 5.75 Å². The minimum absolute atomic E-state index is 0.0738. The third-order valence-electron chi connectivity index (χ3n) is 4.06. The third kappa shape index (κ3) is 6.77. The number of amides is 1. The Labute approximate surface area is 142 Å². The maximum absolute atomic E-state index is 11.7. The molecule has 0 aliphatic carbocycles. The van der Waals surface area contributed by atoms with Crippen LogP contribution < -0.4 is 10.1 Å². The van der Waals surface area contributed by atoms with Crippen LogP contribution in [0.5, 0.6) is 5.75 Å². The molecule has 1 amide bonds. The number of benzene rings is 1. The summed E-state index contributed by atoms with van der Waals surface area (Å²) in [6.07, 6.45) is 1.80. The Morgan fingerprint density at radius 1 is 1.39 bits per heavy atom. The second kappa shape index (κ2) is 9.11. The van der Waals surface area contributed by atoms with Gasteiger partial charge in [-0.05, 0) is 56.1 Å². The summed E-state index contributed by atoms with van der Waals surface area (Å²) in [4.78, 5) is 14.0. The van der Waals surface area contributed by atoms with E-state index in [0.717, 1.165) is 19.0 Å². The summed E-state index contributed by atoms with van der Waals surface area (Å²) in [5.74, 6) is 1.12. The lowest BCUT2D eigenvalue weighted by Gasteiger charge is -2.31. The second-order valence-corrected chi connectivity index (χ2v) is 6.62. The van der Waals surface area contributed by atoms with Gasteiger partial charge in [0.15, 0.2) is 6.61 Å². The summed E-state index contributed by atoms with van der Waals surface area (Å²) in [6.45, 7) is 5.07. The number of likely N-dealkylation sites (tertiary alicyclic amines) is 1. The predicted octanol–water partition coefficient (Wildman–Crippen LogP) is 1.93. The predicted molar refractivity (Wildman–Crippen MR) is 90.8 cm³/mol. The fourth-order valence-electron chi connectivity index (χ4n) is 2.57. The highest BCUT2D eigenvalue weighted by atomic mass is 35.5. The molecule has 0 aromatic heterocycles. The van der Waals surface area contributed by atoms with Gasteiger partial charge in [0.1, 0.15) is 5.75 Å². The van der Waals surface area contributed by atoms with Crippen molar-refractivity contribution in [2.24, 2.45) is 5.92 Å². The molecule has 23 heavy (non-hydrogen) atoms. The van der Waals surface area contributed by atoms with Gasteiger partial charge in [-0.2, -0.15) is 0 Å². The quantitative estimate of drug-likeness (QED) is 0.796. The number of aliphatic hydroxyl groups excluding tert-OH is 1. The zero-order chi connectivity index (χ0) is 16.7. The van der Waals surface area contributed by atoms with Crippen LogP contribution in [0.3, 0.4) is 0 Å². The van der Waals surface area contributed by atoms with Crippen molar-refractivity contribution in [3.05, 3.63) is 29.3 Å². The molecule has 1 aliphatic rings. The summed E-state index contributed by atoms with van der Waals surface area (Å²) in [6, 6.07) is 6.83. The first-order valence-corrected chi connectivity index (χ1v) is 8.46. The topological polar surface area (TPSA) is 61.8 Å².